The minimum Gasteiger partial charge on any atom is -0.371 e. The van der Waals surface area contributed by atoms with Crippen molar-refractivity contribution in [1.82, 2.24) is 0 Å². The first-order valence-corrected chi connectivity index (χ1v) is 7.91. The first-order valence-electron chi connectivity index (χ1n) is 7.91. The van der Waals surface area contributed by atoms with Gasteiger partial charge in [-0.1, -0.05) is 24.6 Å². The number of benzene rings is 1. The number of anilines is 1. The van der Waals surface area contributed by atoms with Crippen LogP contribution in [0, 0.1) is 11.8 Å². The van der Waals surface area contributed by atoms with E-state index in [-0.39, 0.29) is 0 Å². The molecule has 0 spiro atoms. The molecule has 3 rings (SSSR count). The van der Waals surface area contributed by atoms with Crippen LogP contribution < -0.4 is 10.6 Å². The fourth-order valence-electron chi connectivity index (χ4n) is 3.91. The van der Waals surface area contributed by atoms with Crippen molar-refractivity contribution >= 4 is 5.69 Å². The zero-order valence-corrected chi connectivity index (χ0v) is 11.9. The number of aryl methyl sites for hydroxylation is 1. The van der Waals surface area contributed by atoms with Gasteiger partial charge in [0.05, 0.1) is 0 Å². The second kappa shape index (κ2) is 5.96. The van der Waals surface area contributed by atoms with Gasteiger partial charge in [-0.25, -0.2) is 0 Å². The number of hydrogen-bond acceptors (Lipinski definition) is 2. The van der Waals surface area contributed by atoms with E-state index in [0.717, 1.165) is 18.4 Å². The van der Waals surface area contributed by atoms with Crippen LogP contribution in [0.1, 0.15) is 37.7 Å². The molecule has 0 radical (unpaired) electrons. The number of fused-ring (bicyclic) bond motifs is 1. The van der Waals surface area contributed by atoms with Crippen molar-refractivity contribution < 1.29 is 0 Å². The van der Waals surface area contributed by atoms with Crippen molar-refractivity contribution in [2.24, 2.45) is 17.6 Å². The Morgan fingerprint density at radius 3 is 2.79 bits per heavy atom. The van der Waals surface area contributed by atoms with Crippen LogP contribution in [0.4, 0.5) is 5.69 Å². The summed E-state index contributed by atoms with van der Waals surface area (Å²) in [6, 6.07) is 8.99. The van der Waals surface area contributed by atoms with E-state index in [1.54, 1.807) is 5.56 Å². The minimum atomic E-state index is 0.760. The highest BCUT2D eigenvalue weighted by atomic mass is 15.1. The molecule has 2 heteroatoms. The van der Waals surface area contributed by atoms with Crippen molar-refractivity contribution in [2.75, 3.05) is 24.5 Å². The van der Waals surface area contributed by atoms with E-state index in [1.807, 2.05) is 0 Å². The van der Waals surface area contributed by atoms with Crippen LogP contribution >= 0.6 is 0 Å². The predicted molar refractivity (Wildman–Crippen MR) is 81.5 cm³/mol. The molecule has 2 unspecified atom stereocenters. The fourth-order valence-corrected chi connectivity index (χ4v) is 3.91. The molecule has 1 heterocycles. The van der Waals surface area contributed by atoms with E-state index in [0.29, 0.717) is 0 Å². The Kier molecular flexibility index (Phi) is 4.07. The number of nitrogens with zero attached hydrogens (tertiary/aromatic N) is 1. The first-order chi connectivity index (χ1) is 9.38. The average molecular weight is 258 g/mol. The highest BCUT2D eigenvalue weighted by Crippen LogP contribution is 2.34. The molecule has 1 fully saturated rings. The summed E-state index contributed by atoms with van der Waals surface area (Å²) < 4.78 is 0. The normalized spacial score (nSPS) is 27.1. The summed E-state index contributed by atoms with van der Waals surface area (Å²) in [4.78, 5) is 2.64. The van der Waals surface area contributed by atoms with Gasteiger partial charge in [-0.05, 0) is 62.1 Å². The summed E-state index contributed by atoms with van der Waals surface area (Å²) in [5.41, 5.74) is 8.97. The maximum absolute atomic E-state index is 5.94. The maximum atomic E-state index is 5.94. The summed E-state index contributed by atoms with van der Waals surface area (Å²) in [6.45, 7) is 3.32. The Balaban J connectivity index is 1.77. The molecule has 1 aromatic carbocycles. The predicted octanol–water partition coefficient (Wildman–Crippen LogP) is 3.20. The Morgan fingerprint density at radius 1 is 1.05 bits per heavy atom. The van der Waals surface area contributed by atoms with Gasteiger partial charge >= 0.3 is 0 Å². The first kappa shape index (κ1) is 13.0. The zero-order valence-electron chi connectivity index (χ0n) is 11.9. The molecule has 2 aliphatic rings. The van der Waals surface area contributed by atoms with Crippen molar-refractivity contribution in [3.05, 3.63) is 29.8 Å². The SMILES string of the molecule is NCC1CCCC1CN1CCCCc2ccccc21. The molecule has 2 N–H and O–H groups in total. The van der Waals surface area contributed by atoms with Crippen LogP contribution in [0.15, 0.2) is 24.3 Å². The second-order valence-corrected chi connectivity index (χ2v) is 6.22. The lowest BCUT2D eigenvalue weighted by Crippen LogP contribution is -2.33. The fraction of sp³-hybridized carbons (Fsp3) is 0.647. The van der Waals surface area contributed by atoms with E-state index in [9.17, 15) is 0 Å². The molecule has 0 amide bonds. The lowest BCUT2D eigenvalue weighted by molar-refractivity contribution is 0.394. The van der Waals surface area contributed by atoms with Gasteiger partial charge in [0.25, 0.3) is 0 Å². The number of rotatable bonds is 3. The molecule has 1 saturated carbocycles. The summed E-state index contributed by atoms with van der Waals surface area (Å²) >= 11 is 0. The van der Waals surface area contributed by atoms with E-state index >= 15 is 0 Å². The number of hydrogen-bond donors (Lipinski definition) is 1. The second-order valence-electron chi connectivity index (χ2n) is 6.22. The van der Waals surface area contributed by atoms with Crippen LogP contribution in [-0.4, -0.2) is 19.6 Å². The van der Waals surface area contributed by atoms with E-state index in [4.69, 9.17) is 5.73 Å². The van der Waals surface area contributed by atoms with Crippen molar-refractivity contribution in [3.63, 3.8) is 0 Å². The zero-order chi connectivity index (χ0) is 13.1. The number of nitrogens with two attached hydrogens (primary N) is 1. The molecule has 2 atom stereocenters. The molecular formula is C17H26N2. The Bertz CT molecular complexity index is 415. The summed E-state index contributed by atoms with van der Waals surface area (Å²) in [5, 5.41) is 0. The molecule has 0 saturated heterocycles. The monoisotopic (exact) mass is 258 g/mol. The molecule has 0 bridgehead atoms. The summed E-state index contributed by atoms with van der Waals surface area (Å²) in [7, 11) is 0. The highest BCUT2D eigenvalue weighted by molar-refractivity contribution is 5.54. The summed E-state index contributed by atoms with van der Waals surface area (Å²) in [6.07, 6.45) is 8.00. The third-order valence-electron chi connectivity index (χ3n) is 5.03. The van der Waals surface area contributed by atoms with Gasteiger partial charge in [0.15, 0.2) is 0 Å². The maximum Gasteiger partial charge on any atom is 0.0398 e. The van der Waals surface area contributed by atoms with Crippen molar-refractivity contribution in [2.45, 2.75) is 38.5 Å². The molecule has 19 heavy (non-hydrogen) atoms. The largest absolute Gasteiger partial charge is 0.371 e. The Morgan fingerprint density at radius 2 is 1.89 bits per heavy atom. The molecule has 2 nitrogen and oxygen atoms in total. The van der Waals surface area contributed by atoms with Gasteiger partial charge in [-0.3, -0.25) is 0 Å². The van der Waals surface area contributed by atoms with Crippen molar-refractivity contribution in [3.8, 4) is 0 Å². The van der Waals surface area contributed by atoms with Crippen molar-refractivity contribution in [1.29, 1.82) is 0 Å². The van der Waals surface area contributed by atoms with Crippen LogP contribution in [0.25, 0.3) is 0 Å². The third kappa shape index (κ3) is 2.79. The molecule has 1 aliphatic carbocycles. The molecule has 1 aliphatic heterocycles. The molecule has 0 aromatic heterocycles. The highest BCUT2D eigenvalue weighted by Gasteiger charge is 2.28. The van der Waals surface area contributed by atoms with Gasteiger partial charge in [0.2, 0.25) is 0 Å². The van der Waals surface area contributed by atoms with Gasteiger partial charge in [0, 0.05) is 18.8 Å². The Hall–Kier alpha value is -1.02. The van der Waals surface area contributed by atoms with Gasteiger partial charge in [-0.15, -0.1) is 0 Å². The quantitative estimate of drug-likeness (QED) is 0.902. The topological polar surface area (TPSA) is 29.3 Å². The average Bonchev–Trinajstić information content (AvgIpc) is 2.80. The number of para-hydroxylation sites is 1. The molecular weight excluding hydrogens is 232 g/mol. The summed E-state index contributed by atoms with van der Waals surface area (Å²) in [5.74, 6) is 1.58. The lowest BCUT2D eigenvalue weighted by Gasteiger charge is -2.30. The van der Waals surface area contributed by atoms with Gasteiger partial charge < -0.3 is 10.6 Å². The lowest BCUT2D eigenvalue weighted by atomic mass is 9.95. The van der Waals surface area contributed by atoms with Crippen LogP contribution in [-0.2, 0) is 6.42 Å². The third-order valence-corrected chi connectivity index (χ3v) is 5.03. The minimum absolute atomic E-state index is 0.760. The molecule has 104 valence electrons. The van der Waals surface area contributed by atoms with E-state index in [2.05, 4.69) is 29.2 Å². The van der Waals surface area contributed by atoms with Gasteiger partial charge in [0.1, 0.15) is 0 Å². The smallest absolute Gasteiger partial charge is 0.0398 e. The van der Waals surface area contributed by atoms with Crippen LogP contribution in [0.5, 0.6) is 0 Å². The van der Waals surface area contributed by atoms with Gasteiger partial charge in [-0.2, -0.15) is 0 Å². The molecule has 1 aromatic rings. The van der Waals surface area contributed by atoms with E-state index < -0.39 is 0 Å². The van der Waals surface area contributed by atoms with Crippen LogP contribution in [0.2, 0.25) is 0 Å². The Labute approximate surface area is 117 Å². The van der Waals surface area contributed by atoms with Crippen LogP contribution in [0.3, 0.4) is 0 Å². The van der Waals surface area contributed by atoms with E-state index in [1.165, 1.54) is 57.3 Å². The standard InChI is InChI=1S/C17H26N2/c18-12-15-8-5-9-16(15)13-19-11-4-3-7-14-6-1-2-10-17(14)19/h1-2,6,10,15-16H,3-5,7-9,11-13,18H2.